The lowest BCUT2D eigenvalue weighted by molar-refractivity contribution is 0.101. The molecule has 31 heavy (non-hydrogen) atoms. The van der Waals surface area contributed by atoms with Crippen LogP contribution in [0.1, 0.15) is 36.8 Å². The van der Waals surface area contributed by atoms with Crippen LogP contribution in [0.25, 0.3) is 0 Å². The molecule has 0 fully saturated rings. The summed E-state index contributed by atoms with van der Waals surface area (Å²) in [6, 6.07) is 12.9. The molecule has 0 spiro atoms. The number of carbonyl (C=O) groups is 1. The van der Waals surface area contributed by atoms with Crippen LogP contribution in [0, 0.1) is 0 Å². The molecule has 3 aromatic rings. The van der Waals surface area contributed by atoms with Crippen LogP contribution in [0.4, 0.5) is 5.69 Å². The molecule has 0 saturated heterocycles. The van der Waals surface area contributed by atoms with Gasteiger partial charge in [0.1, 0.15) is 18.1 Å². The Morgan fingerprint density at radius 2 is 1.71 bits per heavy atom. The Morgan fingerprint density at radius 3 is 2.39 bits per heavy atom. The fourth-order valence-electron chi connectivity index (χ4n) is 3.00. The van der Waals surface area contributed by atoms with Crippen molar-refractivity contribution in [2.75, 3.05) is 18.5 Å². The van der Waals surface area contributed by atoms with Gasteiger partial charge in [0.15, 0.2) is 11.5 Å². The van der Waals surface area contributed by atoms with Gasteiger partial charge in [-0.25, -0.2) is 0 Å². The topological polar surface area (TPSA) is 74.6 Å². The molecule has 0 bridgehead atoms. The van der Waals surface area contributed by atoms with E-state index in [1.165, 1.54) is 6.20 Å². The van der Waals surface area contributed by atoms with Crippen LogP contribution in [-0.2, 0) is 13.2 Å². The van der Waals surface area contributed by atoms with Crippen LogP contribution >= 0.6 is 11.6 Å². The van der Waals surface area contributed by atoms with Crippen molar-refractivity contribution in [2.24, 2.45) is 0 Å². The number of hydrogen-bond acceptors (Lipinski definition) is 5. The second kappa shape index (κ2) is 10.7. The van der Waals surface area contributed by atoms with E-state index in [2.05, 4.69) is 10.4 Å². The number of halogens is 1. The summed E-state index contributed by atoms with van der Waals surface area (Å²) >= 11 is 6.09. The van der Waals surface area contributed by atoms with Gasteiger partial charge in [-0.05, 0) is 62.7 Å². The van der Waals surface area contributed by atoms with E-state index in [9.17, 15) is 4.79 Å². The van der Waals surface area contributed by atoms with Crippen molar-refractivity contribution >= 4 is 23.2 Å². The Labute approximate surface area is 186 Å². The Hall–Kier alpha value is -3.19. The fourth-order valence-corrected chi connectivity index (χ4v) is 3.23. The molecule has 0 aliphatic carbocycles. The number of nitrogens with one attached hydrogen (secondary N) is 1. The molecule has 7 nitrogen and oxygen atoms in total. The molecule has 2 aromatic carbocycles. The van der Waals surface area contributed by atoms with Gasteiger partial charge in [-0.1, -0.05) is 17.7 Å². The van der Waals surface area contributed by atoms with Gasteiger partial charge in [0.2, 0.25) is 0 Å². The molecule has 0 saturated carbocycles. The number of ether oxygens (including phenoxy) is 3. The third kappa shape index (κ3) is 5.70. The van der Waals surface area contributed by atoms with E-state index in [4.69, 9.17) is 25.8 Å². The third-order valence-corrected chi connectivity index (χ3v) is 4.71. The van der Waals surface area contributed by atoms with Crippen molar-refractivity contribution in [2.45, 2.75) is 33.9 Å². The summed E-state index contributed by atoms with van der Waals surface area (Å²) in [4.78, 5) is 12.5. The lowest BCUT2D eigenvalue weighted by atomic mass is 10.2. The number of hydrogen-bond donors (Lipinski definition) is 1. The predicted molar refractivity (Wildman–Crippen MR) is 120 cm³/mol. The average molecular weight is 444 g/mol. The van der Waals surface area contributed by atoms with E-state index in [0.29, 0.717) is 54.3 Å². The van der Waals surface area contributed by atoms with Gasteiger partial charge in [-0.15, -0.1) is 0 Å². The van der Waals surface area contributed by atoms with Crippen LogP contribution in [0.3, 0.4) is 0 Å². The Kier molecular flexibility index (Phi) is 7.78. The van der Waals surface area contributed by atoms with Crippen LogP contribution in [0.2, 0.25) is 5.02 Å². The van der Waals surface area contributed by atoms with Crippen molar-refractivity contribution in [1.29, 1.82) is 0 Å². The summed E-state index contributed by atoms with van der Waals surface area (Å²) in [5.41, 5.74) is 1.94. The monoisotopic (exact) mass is 443 g/mol. The summed E-state index contributed by atoms with van der Waals surface area (Å²) < 4.78 is 18.7. The highest BCUT2D eigenvalue weighted by molar-refractivity contribution is 6.34. The van der Waals surface area contributed by atoms with Crippen LogP contribution in [0.15, 0.2) is 48.7 Å². The molecule has 1 heterocycles. The first-order valence-electron chi connectivity index (χ1n) is 10.2. The number of anilines is 1. The van der Waals surface area contributed by atoms with Crippen LogP contribution < -0.4 is 19.5 Å². The van der Waals surface area contributed by atoms with Crippen molar-refractivity contribution < 1.29 is 19.0 Å². The summed E-state index contributed by atoms with van der Waals surface area (Å²) in [5, 5.41) is 7.24. The zero-order valence-corrected chi connectivity index (χ0v) is 18.6. The second-order valence-corrected chi connectivity index (χ2v) is 6.98. The molecule has 164 valence electrons. The molecule has 0 aliphatic heterocycles. The lowest BCUT2D eigenvalue weighted by Crippen LogP contribution is -2.17. The molecule has 0 atom stereocenters. The Bertz CT molecular complexity index is 1020. The second-order valence-electron chi connectivity index (χ2n) is 6.57. The first-order chi connectivity index (χ1) is 15.0. The maximum atomic E-state index is 12.5. The largest absolute Gasteiger partial charge is 0.490 e. The summed E-state index contributed by atoms with van der Waals surface area (Å²) in [6.45, 7) is 7.83. The van der Waals surface area contributed by atoms with Gasteiger partial charge in [0.25, 0.3) is 5.91 Å². The highest BCUT2D eigenvalue weighted by Gasteiger charge is 2.17. The minimum absolute atomic E-state index is 0.309. The highest BCUT2D eigenvalue weighted by Crippen LogP contribution is 2.29. The number of amides is 1. The maximum absolute atomic E-state index is 12.5. The number of carbonyl (C=O) groups excluding carboxylic acids is 1. The van der Waals surface area contributed by atoms with Crippen molar-refractivity contribution in [3.8, 4) is 17.2 Å². The SMILES string of the molecule is CCOc1ccc(COc2ccc(NC(=O)c3c(Cl)cnn3CC)cc2)cc1OCC. The third-order valence-electron chi connectivity index (χ3n) is 4.43. The zero-order valence-electron chi connectivity index (χ0n) is 17.9. The zero-order chi connectivity index (χ0) is 22.2. The number of aromatic nitrogens is 2. The molecule has 0 unspecified atom stereocenters. The van der Waals surface area contributed by atoms with Crippen molar-refractivity contribution in [1.82, 2.24) is 9.78 Å². The smallest absolute Gasteiger partial charge is 0.275 e. The molecular weight excluding hydrogens is 418 g/mol. The molecule has 1 aromatic heterocycles. The van der Waals surface area contributed by atoms with Gasteiger partial charge in [-0.2, -0.15) is 5.10 Å². The Morgan fingerprint density at radius 1 is 1.00 bits per heavy atom. The minimum atomic E-state index is -0.309. The van der Waals surface area contributed by atoms with Crippen LogP contribution in [-0.4, -0.2) is 28.9 Å². The molecule has 1 N–H and O–H groups in total. The van der Waals surface area contributed by atoms with Crippen LogP contribution in [0.5, 0.6) is 17.2 Å². The van der Waals surface area contributed by atoms with E-state index in [0.717, 1.165) is 11.3 Å². The number of nitrogens with zero attached hydrogens (tertiary/aromatic N) is 2. The van der Waals surface area contributed by atoms with Gasteiger partial charge in [-0.3, -0.25) is 9.48 Å². The first-order valence-corrected chi connectivity index (χ1v) is 10.6. The van der Waals surface area contributed by atoms with E-state index in [-0.39, 0.29) is 5.91 Å². The normalized spacial score (nSPS) is 10.6. The molecule has 3 rings (SSSR count). The Balaban J connectivity index is 1.61. The van der Waals surface area contributed by atoms with E-state index >= 15 is 0 Å². The average Bonchev–Trinajstić information content (AvgIpc) is 3.16. The van der Waals surface area contributed by atoms with E-state index in [1.807, 2.05) is 39.0 Å². The number of aryl methyl sites for hydroxylation is 1. The van der Waals surface area contributed by atoms with Gasteiger partial charge in [0.05, 0.1) is 24.4 Å². The summed E-state index contributed by atoms with van der Waals surface area (Å²) in [6.07, 6.45) is 1.47. The quantitative estimate of drug-likeness (QED) is 0.467. The molecule has 0 radical (unpaired) electrons. The lowest BCUT2D eigenvalue weighted by Gasteiger charge is -2.13. The van der Waals surface area contributed by atoms with Gasteiger partial charge < -0.3 is 19.5 Å². The highest BCUT2D eigenvalue weighted by atomic mass is 35.5. The van der Waals surface area contributed by atoms with Gasteiger partial charge >= 0.3 is 0 Å². The standard InChI is InChI=1S/C23H26ClN3O4/c1-4-27-22(19(24)14-25-27)23(28)26-17-8-10-18(11-9-17)31-15-16-7-12-20(29-5-2)21(13-16)30-6-3/h7-14H,4-6,15H2,1-3H3,(H,26,28). The fraction of sp³-hybridized carbons (Fsp3) is 0.304. The van der Waals surface area contributed by atoms with E-state index in [1.54, 1.807) is 28.9 Å². The number of rotatable bonds is 10. The van der Waals surface area contributed by atoms with Gasteiger partial charge in [0, 0.05) is 12.2 Å². The maximum Gasteiger partial charge on any atom is 0.275 e. The minimum Gasteiger partial charge on any atom is -0.490 e. The predicted octanol–water partition coefficient (Wildman–Crippen LogP) is 5.19. The van der Waals surface area contributed by atoms with Crippen molar-refractivity contribution in [3.05, 3.63) is 64.9 Å². The molecule has 1 amide bonds. The number of benzene rings is 2. The van der Waals surface area contributed by atoms with E-state index < -0.39 is 0 Å². The summed E-state index contributed by atoms with van der Waals surface area (Å²) in [7, 11) is 0. The van der Waals surface area contributed by atoms with Crippen molar-refractivity contribution in [3.63, 3.8) is 0 Å². The molecule has 0 aliphatic rings. The molecule has 8 heteroatoms. The first kappa shape index (κ1) is 22.5. The molecular formula is C23H26ClN3O4. The summed E-state index contributed by atoms with van der Waals surface area (Å²) in [5.74, 6) is 1.79.